The number of anilines is 1. The molecule has 10 heteroatoms. The number of fused-ring (bicyclic) bond motifs is 1. The lowest BCUT2D eigenvalue weighted by molar-refractivity contribution is -0.119. The van der Waals surface area contributed by atoms with Crippen LogP contribution in [0.2, 0.25) is 10.0 Å². The Morgan fingerprint density at radius 3 is 2.59 bits per heavy atom. The summed E-state index contributed by atoms with van der Waals surface area (Å²) in [5, 5.41) is 7.96. The molecule has 2 aromatic heterocycles. The average Bonchev–Trinajstić information content (AvgIpc) is 3.21. The van der Waals surface area contributed by atoms with Crippen LogP contribution in [0.4, 0.5) is 5.69 Å². The van der Waals surface area contributed by atoms with Crippen LogP contribution >= 0.6 is 23.2 Å². The smallest absolute Gasteiger partial charge is 0.267 e. The molecule has 0 spiro atoms. The zero-order chi connectivity index (χ0) is 22.8. The predicted octanol–water partition coefficient (Wildman–Crippen LogP) is 4.96. The third-order valence-electron chi connectivity index (χ3n) is 4.98. The number of nitrogens with zero attached hydrogens (tertiary/aromatic N) is 3. The number of hydrogen-bond donors (Lipinski definition) is 1. The Morgan fingerprint density at radius 2 is 1.91 bits per heavy atom. The number of carbonyl (C=O) groups excluding carboxylic acids is 1. The van der Waals surface area contributed by atoms with Crippen molar-refractivity contribution in [3.63, 3.8) is 0 Å². The molecule has 32 heavy (non-hydrogen) atoms. The van der Waals surface area contributed by atoms with Crippen LogP contribution in [0.5, 0.6) is 5.75 Å². The van der Waals surface area contributed by atoms with Crippen LogP contribution in [-0.2, 0) is 4.79 Å². The van der Waals surface area contributed by atoms with E-state index in [4.69, 9.17) is 32.5 Å². The maximum Gasteiger partial charge on any atom is 0.267 e. The van der Waals surface area contributed by atoms with Crippen molar-refractivity contribution < 1.29 is 14.1 Å². The fourth-order valence-corrected chi connectivity index (χ4v) is 3.69. The minimum atomic E-state index is -0.837. The van der Waals surface area contributed by atoms with Crippen LogP contribution in [-0.4, -0.2) is 27.7 Å². The third-order valence-corrected chi connectivity index (χ3v) is 5.47. The van der Waals surface area contributed by atoms with Gasteiger partial charge < -0.3 is 14.6 Å². The Kier molecular flexibility index (Phi) is 6.16. The van der Waals surface area contributed by atoms with Crippen molar-refractivity contribution in [3.8, 4) is 17.0 Å². The van der Waals surface area contributed by atoms with Gasteiger partial charge >= 0.3 is 0 Å². The number of amides is 1. The molecule has 0 radical (unpaired) electrons. The van der Waals surface area contributed by atoms with E-state index in [0.717, 1.165) is 0 Å². The average molecular weight is 473 g/mol. The Morgan fingerprint density at radius 1 is 1.19 bits per heavy atom. The number of benzene rings is 2. The molecule has 0 saturated heterocycles. The van der Waals surface area contributed by atoms with Crippen molar-refractivity contribution in [2.45, 2.75) is 19.4 Å². The van der Waals surface area contributed by atoms with Crippen LogP contribution in [0, 0.1) is 0 Å². The summed E-state index contributed by atoms with van der Waals surface area (Å²) in [5.41, 5.74) is 1.02. The van der Waals surface area contributed by atoms with Crippen LogP contribution in [0.3, 0.4) is 0 Å². The highest BCUT2D eigenvalue weighted by atomic mass is 35.5. The fraction of sp³-hybridized carbons (Fsp3) is 0.182. The number of ether oxygens (including phenoxy) is 1. The normalized spacial score (nSPS) is 12.0. The Hall–Kier alpha value is -3.36. The number of hydrogen-bond acceptors (Lipinski definition) is 6. The maximum absolute atomic E-state index is 13.4. The van der Waals surface area contributed by atoms with E-state index in [9.17, 15) is 9.59 Å². The molecule has 0 aliphatic rings. The van der Waals surface area contributed by atoms with E-state index in [2.05, 4.69) is 15.5 Å². The summed E-state index contributed by atoms with van der Waals surface area (Å²) < 4.78 is 11.8. The molecule has 1 atom stereocenters. The van der Waals surface area contributed by atoms with E-state index in [1.54, 1.807) is 49.4 Å². The molecule has 0 saturated carbocycles. The molecule has 0 unspecified atom stereocenters. The summed E-state index contributed by atoms with van der Waals surface area (Å²) in [4.78, 5) is 30.6. The van der Waals surface area contributed by atoms with E-state index in [1.807, 2.05) is 0 Å². The van der Waals surface area contributed by atoms with Gasteiger partial charge in [-0.1, -0.05) is 47.4 Å². The standard InChI is InChI=1S/C22H18Cl2N4O4/c1-3-16(20(29)26-15-10-14(24)8-9-17(15)31-2)28-11-25-21-18(22(28)30)19(27-32-21)12-4-6-13(23)7-5-12/h4-11,16H,3H2,1-2H3,(H,26,29)/t16-/m0/s1. The molecule has 1 amide bonds. The summed E-state index contributed by atoms with van der Waals surface area (Å²) in [7, 11) is 1.49. The summed E-state index contributed by atoms with van der Waals surface area (Å²) in [5.74, 6) is 0.0309. The zero-order valence-electron chi connectivity index (χ0n) is 17.1. The minimum absolute atomic E-state index is 0.0861. The van der Waals surface area contributed by atoms with Gasteiger partial charge in [0.15, 0.2) is 0 Å². The molecule has 4 aromatic rings. The summed E-state index contributed by atoms with van der Waals surface area (Å²) in [6, 6.07) is 10.9. The van der Waals surface area contributed by atoms with E-state index in [-0.39, 0.29) is 11.1 Å². The van der Waals surface area contributed by atoms with Gasteiger partial charge in [-0.15, -0.1) is 0 Å². The summed E-state index contributed by atoms with van der Waals surface area (Å²) in [6.07, 6.45) is 1.62. The van der Waals surface area contributed by atoms with Gasteiger partial charge in [-0.05, 0) is 36.8 Å². The molecule has 0 aliphatic heterocycles. The van der Waals surface area contributed by atoms with Crippen LogP contribution in [0.1, 0.15) is 19.4 Å². The molecule has 8 nitrogen and oxygen atoms in total. The van der Waals surface area contributed by atoms with Crippen molar-refractivity contribution in [2.24, 2.45) is 0 Å². The molecular weight excluding hydrogens is 455 g/mol. The highest BCUT2D eigenvalue weighted by Crippen LogP contribution is 2.29. The first-order chi connectivity index (χ1) is 15.4. The van der Waals surface area contributed by atoms with E-state index in [1.165, 1.54) is 18.0 Å². The van der Waals surface area contributed by atoms with Crippen molar-refractivity contribution >= 4 is 45.9 Å². The summed E-state index contributed by atoms with van der Waals surface area (Å²) >= 11 is 12.0. The van der Waals surface area contributed by atoms with Crippen LogP contribution < -0.4 is 15.6 Å². The third kappa shape index (κ3) is 4.06. The first-order valence-electron chi connectivity index (χ1n) is 9.69. The second-order valence-corrected chi connectivity index (χ2v) is 7.81. The van der Waals surface area contributed by atoms with Gasteiger partial charge in [0.05, 0.1) is 12.8 Å². The molecule has 0 fully saturated rings. The van der Waals surface area contributed by atoms with Crippen molar-refractivity contribution in [1.29, 1.82) is 0 Å². The molecule has 4 rings (SSSR count). The predicted molar refractivity (Wildman–Crippen MR) is 122 cm³/mol. The lowest BCUT2D eigenvalue weighted by atomic mass is 10.1. The molecular formula is C22H18Cl2N4O4. The van der Waals surface area contributed by atoms with Gasteiger partial charge in [-0.25, -0.2) is 4.98 Å². The molecule has 1 N–H and O–H groups in total. The number of methoxy groups -OCH3 is 1. The van der Waals surface area contributed by atoms with Gasteiger partial charge in [-0.2, -0.15) is 0 Å². The van der Waals surface area contributed by atoms with Gasteiger partial charge in [0.1, 0.15) is 29.2 Å². The van der Waals surface area contributed by atoms with Crippen LogP contribution in [0.25, 0.3) is 22.4 Å². The number of aromatic nitrogens is 3. The number of carbonyl (C=O) groups is 1. The quantitative estimate of drug-likeness (QED) is 0.425. The number of rotatable bonds is 6. The van der Waals surface area contributed by atoms with Crippen molar-refractivity contribution in [2.75, 3.05) is 12.4 Å². The highest BCUT2D eigenvalue weighted by molar-refractivity contribution is 6.31. The zero-order valence-corrected chi connectivity index (χ0v) is 18.6. The lowest BCUT2D eigenvalue weighted by Gasteiger charge is -2.18. The first kappa shape index (κ1) is 21.9. The minimum Gasteiger partial charge on any atom is -0.495 e. The largest absolute Gasteiger partial charge is 0.495 e. The molecule has 0 bridgehead atoms. The Labute approximate surface area is 192 Å². The second-order valence-electron chi connectivity index (χ2n) is 6.93. The molecule has 2 aromatic carbocycles. The Balaban J connectivity index is 1.74. The van der Waals surface area contributed by atoms with E-state index < -0.39 is 17.5 Å². The van der Waals surface area contributed by atoms with Gasteiger partial charge in [0, 0.05) is 15.6 Å². The highest BCUT2D eigenvalue weighted by Gasteiger charge is 2.25. The SMILES string of the molecule is CC[C@@H](C(=O)Nc1cc(Cl)ccc1OC)n1cnc2onc(-c3ccc(Cl)cc3)c2c1=O. The van der Waals surface area contributed by atoms with Gasteiger partial charge in [0.2, 0.25) is 5.91 Å². The fourth-order valence-electron chi connectivity index (χ4n) is 3.39. The van der Waals surface area contributed by atoms with Crippen LogP contribution in [0.15, 0.2) is 58.1 Å². The van der Waals surface area contributed by atoms with Crippen molar-refractivity contribution in [3.05, 3.63) is 69.2 Å². The maximum atomic E-state index is 13.4. The van der Waals surface area contributed by atoms with Gasteiger partial charge in [0.25, 0.3) is 11.3 Å². The first-order valence-corrected chi connectivity index (χ1v) is 10.5. The summed E-state index contributed by atoms with van der Waals surface area (Å²) in [6.45, 7) is 1.80. The van der Waals surface area contributed by atoms with E-state index in [0.29, 0.717) is 39.2 Å². The molecule has 0 aliphatic carbocycles. The van der Waals surface area contributed by atoms with Gasteiger partial charge in [-0.3, -0.25) is 14.2 Å². The second kappa shape index (κ2) is 9.02. The molecule has 2 heterocycles. The number of halogens is 2. The Bertz CT molecular complexity index is 1350. The number of nitrogens with one attached hydrogen (secondary N) is 1. The monoisotopic (exact) mass is 472 g/mol. The lowest BCUT2D eigenvalue weighted by Crippen LogP contribution is -2.33. The van der Waals surface area contributed by atoms with Crippen molar-refractivity contribution in [1.82, 2.24) is 14.7 Å². The molecule has 164 valence electrons. The topological polar surface area (TPSA) is 99.2 Å². The van der Waals surface area contributed by atoms with E-state index >= 15 is 0 Å².